The molecular weight excluding hydrogens is 278 g/mol. The molecule has 0 aliphatic rings. The summed E-state index contributed by atoms with van der Waals surface area (Å²) in [5.74, 6) is 1.89. The Kier molecular flexibility index (Phi) is 7.25. The van der Waals surface area contributed by atoms with E-state index in [1.54, 1.807) is 32.4 Å². The third-order valence-corrected chi connectivity index (χ3v) is 3.93. The number of anilines is 1. The molecule has 0 saturated carbocycles. The molecule has 6 heteroatoms. The quantitative estimate of drug-likeness (QED) is 0.720. The summed E-state index contributed by atoms with van der Waals surface area (Å²) in [6.07, 6.45) is 0.693. The van der Waals surface area contributed by atoms with E-state index in [2.05, 4.69) is 5.32 Å². The Morgan fingerprint density at radius 3 is 2.65 bits per heavy atom. The summed E-state index contributed by atoms with van der Waals surface area (Å²) in [4.78, 5) is 12.0. The van der Waals surface area contributed by atoms with Crippen LogP contribution >= 0.6 is 11.8 Å². The van der Waals surface area contributed by atoms with Crippen molar-refractivity contribution in [2.24, 2.45) is 0 Å². The molecule has 1 aromatic carbocycles. The number of aliphatic hydroxyl groups excluding tert-OH is 1. The minimum absolute atomic E-state index is 0.0693. The monoisotopic (exact) mass is 299 g/mol. The van der Waals surface area contributed by atoms with Crippen molar-refractivity contribution in [2.45, 2.75) is 18.6 Å². The van der Waals surface area contributed by atoms with Crippen LogP contribution in [0.5, 0.6) is 11.5 Å². The van der Waals surface area contributed by atoms with Gasteiger partial charge in [0, 0.05) is 18.4 Å². The van der Waals surface area contributed by atoms with Crippen LogP contribution in [0.2, 0.25) is 0 Å². The van der Waals surface area contributed by atoms with E-state index in [0.717, 1.165) is 5.75 Å². The predicted octanol–water partition coefficient (Wildman–Crippen LogP) is 2.15. The van der Waals surface area contributed by atoms with Crippen molar-refractivity contribution in [3.8, 4) is 11.5 Å². The van der Waals surface area contributed by atoms with Gasteiger partial charge in [-0.3, -0.25) is 4.79 Å². The van der Waals surface area contributed by atoms with Crippen LogP contribution in [0, 0.1) is 0 Å². The Morgan fingerprint density at radius 1 is 1.35 bits per heavy atom. The zero-order chi connectivity index (χ0) is 15.0. The van der Waals surface area contributed by atoms with Crippen LogP contribution in [0.3, 0.4) is 0 Å². The fourth-order valence-corrected chi connectivity index (χ4v) is 2.42. The van der Waals surface area contributed by atoms with Gasteiger partial charge in [-0.2, -0.15) is 0 Å². The molecule has 112 valence electrons. The van der Waals surface area contributed by atoms with Crippen molar-refractivity contribution in [1.82, 2.24) is 0 Å². The lowest BCUT2D eigenvalue weighted by molar-refractivity contribution is -0.115. The van der Waals surface area contributed by atoms with Crippen LogP contribution in [0.25, 0.3) is 0 Å². The van der Waals surface area contributed by atoms with Gasteiger partial charge in [-0.25, -0.2) is 0 Å². The predicted molar refractivity (Wildman–Crippen MR) is 81.8 cm³/mol. The van der Waals surface area contributed by atoms with E-state index >= 15 is 0 Å². The number of rotatable bonds is 8. The number of hydrogen-bond acceptors (Lipinski definition) is 5. The second-order valence-electron chi connectivity index (χ2n) is 4.15. The second-order valence-corrected chi connectivity index (χ2v) is 5.60. The van der Waals surface area contributed by atoms with Gasteiger partial charge >= 0.3 is 0 Å². The highest BCUT2D eigenvalue weighted by Gasteiger charge is 2.14. The number of ether oxygens (including phenoxy) is 2. The molecule has 0 radical (unpaired) electrons. The number of thioether (sulfide) groups is 1. The zero-order valence-corrected chi connectivity index (χ0v) is 12.8. The van der Waals surface area contributed by atoms with E-state index in [0.29, 0.717) is 23.6 Å². The molecule has 0 aromatic heterocycles. The minimum atomic E-state index is -0.172. The molecule has 0 heterocycles. The number of carbonyl (C=O) groups excluding carboxylic acids is 1. The van der Waals surface area contributed by atoms with Crippen molar-refractivity contribution < 1.29 is 19.4 Å². The topological polar surface area (TPSA) is 67.8 Å². The van der Waals surface area contributed by atoms with E-state index in [9.17, 15) is 4.79 Å². The van der Waals surface area contributed by atoms with Crippen LogP contribution in [-0.4, -0.2) is 42.8 Å². The molecule has 0 spiro atoms. The summed E-state index contributed by atoms with van der Waals surface area (Å²) in [6.45, 7) is 2.00. The lowest BCUT2D eigenvalue weighted by Crippen LogP contribution is -2.22. The maximum atomic E-state index is 12.0. The van der Waals surface area contributed by atoms with E-state index in [1.807, 2.05) is 6.92 Å². The van der Waals surface area contributed by atoms with Crippen LogP contribution in [-0.2, 0) is 4.79 Å². The summed E-state index contributed by atoms with van der Waals surface area (Å²) < 4.78 is 10.3. The van der Waals surface area contributed by atoms with E-state index in [4.69, 9.17) is 14.6 Å². The fraction of sp³-hybridized carbons (Fsp3) is 0.500. The summed E-state index contributed by atoms with van der Waals surface area (Å²) in [7, 11) is 3.12. The van der Waals surface area contributed by atoms with E-state index in [-0.39, 0.29) is 17.8 Å². The molecule has 1 rings (SSSR count). The van der Waals surface area contributed by atoms with Crippen molar-refractivity contribution in [2.75, 3.05) is 31.9 Å². The molecular formula is C14H21NO4S. The molecule has 1 amide bonds. The number of methoxy groups -OCH3 is 2. The third kappa shape index (κ3) is 4.94. The first-order valence-corrected chi connectivity index (χ1v) is 7.42. The summed E-state index contributed by atoms with van der Waals surface area (Å²) >= 11 is 1.52. The smallest absolute Gasteiger partial charge is 0.237 e. The van der Waals surface area contributed by atoms with Crippen LogP contribution in [0.15, 0.2) is 18.2 Å². The van der Waals surface area contributed by atoms with Gasteiger partial charge in [0.1, 0.15) is 0 Å². The Bertz CT molecular complexity index is 439. The first kappa shape index (κ1) is 16.7. The lowest BCUT2D eigenvalue weighted by atomic mass is 10.2. The first-order valence-electron chi connectivity index (χ1n) is 6.37. The summed E-state index contributed by atoms with van der Waals surface area (Å²) in [5, 5.41) is 11.4. The van der Waals surface area contributed by atoms with Crippen molar-refractivity contribution in [1.29, 1.82) is 0 Å². The SMILES string of the molecule is COc1ccc(NC(=O)C(C)SCCCO)cc1OC. The largest absolute Gasteiger partial charge is 0.493 e. The molecule has 1 atom stereocenters. The minimum Gasteiger partial charge on any atom is -0.493 e. The highest BCUT2D eigenvalue weighted by molar-refractivity contribution is 8.00. The number of hydrogen-bond donors (Lipinski definition) is 2. The molecule has 0 aliphatic heterocycles. The Morgan fingerprint density at radius 2 is 2.05 bits per heavy atom. The average Bonchev–Trinajstić information content (AvgIpc) is 2.47. The van der Waals surface area contributed by atoms with Crippen LogP contribution < -0.4 is 14.8 Å². The van der Waals surface area contributed by atoms with Gasteiger partial charge in [0.15, 0.2) is 11.5 Å². The number of amides is 1. The molecule has 0 aliphatic carbocycles. The van der Waals surface area contributed by atoms with Gasteiger partial charge in [-0.15, -0.1) is 11.8 Å². The number of carbonyl (C=O) groups is 1. The number of aliphatic hydroxyl groups is 1. The highest BCUT2D eigenvalue weighted by atomic mass is 32.2. The van der Waals surface area contributed by atoms with Gasteiger partial charge in [0.25, 0.3) is 0 Å². The van der Waals surface area contributed by atoms with Gasteiger partial charge in [0.05, 0.1) is 19.5 Å². The zero-order valence-electron chi connectivity index (χ0n) is 12.0. The van der Waals surface area contributed by atoms with Crippen molar-refractivity contribution in [3.63, 3.8) is 0 Å². The summed E-state index contributed by atoms with van der Waals surface area (Å²) in [5.41, 5.74) is 0.669. The Labute approximate surface area is 123 Å². The maximum Gasteiger partial charge on any atom is 0.237 e. The molecule has 1 unspecified atom stereocenters. The molecule has 0 saturated heterocycles. The molecule has 5 nitrogen and oxygen atoms in total. The summed E-state index contributed by atoms with van der Waals surface area (Å²) in [6, 6.07) is 5.24. The van der Waals surface area contributed by atoms with Crippen molar-refractivity contribution >= 4 is 23.4 Å². The fourth-order valence-electron chi connectivity index (χ4n) is 1.56. The molecule has 20 heavy (non-hydrogen) atoms. The molecule has 0 bridgehead atoms. The normalized spacial score (nSPS) is 11.8. The highest BCUT2D eigenvalue weighted by Crippen LogP contribution is 2.30. The molecule has 2 N–H and O–H groups in total. The third-order valence-electron chi connectivity index (χ3n) is 2.69. The second kappa shape index (κ2) is 8.71. The van der Waals surface area contributed by atoms with Gasteiger partial charge < -0.3 is 19.9 Å². The lowest BCUT2D eigenvalue weighted by Gasteiger charge is -2.13. The standard InChI is InChI=1S/C14H21NO4S/c1-10(20-8-4-7-16)14(17)15-11-5-6-12(18-2)13(9-11)19-3/h5-6,9-10,16H,4,7-8H2,1-3H3,(H,15,17). The molecule has 0 fully saturated rings. The van der Waals surface area contributed by atoms with Gasteiger partial charge in [-0.05, 0) is 31.2 Å². The van der Waals surface area contributed by atoms with Gasteiger partial charge in [-0.1, -0.05) is 0 Å². The Hall–Kier alpha value is -1.40. The number of nitrogens with one attached hydrogen (secondary N) is 1. The Balaban J connectivity index is 2.61. The van der Waals surface area contributed by atoms with E-state index in [1.165, 1.54) is 11.8 Å². The van der Waals surface area contributed by atoms with Crippen LogP contribution in [0.1, 0.15) is 13.3 Å². The molecule has 1 aromatic rings. The average molecular weight is 299 g/mol. The van der Waals surface area contributed by atoms with Crippen molar-refractivity contribution in [3.05, 3.63) is 18.2 Å². The van der Waals surface area contributed by atoms with Crippen LogP contribution in [0.4, 0.5) is 5.69 Å². The van der Waals surface area contributed by atoms with E-state index < -0.39 is 0 Å². The first-order chi connectivity index (χ1) is 9.62. The maximum absolute atomic E-state index is 12.0. The number of benzene rings is 1. The van der Waals surface area contributed by atoms with Gasteiger partial charge in [0.2, 0.25) is 5.91 Å².